The molecule has 4 rings (SSSR count). The summed E-state index contributed by atoms with van der Waals surface area (Å²) < 4.78 is 18.5. The zero-order valence-electron chi connectivity index (χ0n) is 22.2. The van der Waals surface area contributed by atoms with Crippen LogP contribution in [0.3, 0.4) is 0 Å². The second-order valence-electron chi connectivity index (χ2n) is 10.4. The Bertz CT molecular complexity index is 997. The fourth-order valence-corrected chi connectivity index (χ4v) is 5.04. The molecule has 0 unspecified atom stereocenters. The maximum atomic E-state index is 13.3. The fourth-order valence-electron chi connectivity index (χ4n) is 4.92. The van der Waals surface area contributed by atoms with Gasteiger partial charge in [0.1, 0.15) is 30.3 Å². The van der Waals surface area contributed by atoms with Crippen LogP contribution in [0.4, 0.5) is 0 Å². The first-order chi connectivity index (χ1) is 17.9. The van der Waals surface area contributed by atoms with Crippen molar-refractivity contribution in [2.24, 2.45) is 0 Å². The third kappa shape index (κ3) is 8.60. The number of hydrogen-bond acceptors (Lipinski definition) is 6. The highest BCUT2D eigenvalue weighted by Gasteiger charge is 2.41. The van der Waals surface area contributed by atoms with Crippen LogP contribution in [0.2, 0.25) is 5.02 Å². The lowest BCUT2D eigenvalue weighted by atomic mass is 9.95. The van der Waals surface area contributed by atoms with Crippen molar-refractivity contribution in [1.82, 2.24) is 14.7 Å². The molecule has 0 N–H and O–H groups in total. The predicted octanol–water partition coefficient (Wildman–Crippen LogP) is 4.33. The van der Waals surface area contributed by atoms with Gasteiger partial charge >= 0.3 is 0 Å². The van der Waals surface area contributed by atoms with Crippen LogP contribution in [0.15, 0.2) is 48.5 Å². The van der Waals surface area contributed by atoms with Crippen LogP contribution in [0.25, 0.3) is 0 Å². The number of carbonyl (C=O) groups is 1. The van der Waals surface area contributed by atoms with Gasteiger partial charge in [0.25, 0.3) is 0 Å². The van der Waals surface area contributed by atoms with Gasteiger partial charge in [-0.1, -0.05) is 23.7 Å². The van der Waals surface area contributed by atoms with Crippen molar-refractivity contribution in [1.29, 1.82) is 0 Å². The minimum atomic E-state index is -0.716. The van der Waals surface area contributed by atoms with Gasteiger partial charge in [0.15, 0.2) is 0 Å². The van der Waals surface area contributed by atoms with Crippen LogP contribution in [0.1, 0.15) is 31.2 Å². The topological polar surface area (TPSA) is 54.5 Å². The minimum Gasteiger partial charge on any atom is -0.492 e. The van der Waals surface area contributed by atoms with E-state index in [4.69, 9.17) is 25.8 Å². The van der Waals surface area contributed by atoms with Gasteiger partial charge in [0, 0.05) is 44.3 Å². The highest BCUT2D eigenvalue weighted by molar-refractivity contribution is 6.30. The Morgan fingerprint density at radius 3 is 2.57 bits per heavy atom. The Morgan fingerprint density at radius 1 is 1.03 bits per heavy atom. The van der Waals surface area contributed by atoms with Crippen molar-refractivity contribution in [2.75, 3.05) is 66.6 Å². The van der Waals surface area contributed by atoms with Crippen LogP contribution in [0.5, 0.6) is 11.5 Å². The molecule has 1 atom stereocenters. The SMILES string of the molecule is CN(C)CCOc1cccc(CN2CCO[C@](COc3ccc(Cl)cc3)(CC(=O)N3CCCCC3)C2)c1. The molecule has 0 radical (unpaired) electrons. The molecule has 0 aliphatic carbocycles. The maximum absolute atomic E-state index is 13.3. The monoisotopic (exact) mass is 529 g/mol. The highest BCUT2D eigenvalue weighted by Crippen LogP contribution is 2.28. The van der Waals surface area contributed by atoms with Crippen molar-refractivity contribution in [3.05, 3.63) is 59.1 Å². The van der Waals surface area contributed by atoms with Gasteiger partial charge in [0.2, 0.25) is 5.91 Å². The molecule has 0 aromatic heterocycles. The third-order valence-electron chi connectivity index (χ3n) is 6.94. The van der Waals surface area contributed by atoms with E-state index in [0.29, 0.717) is 37.8 Å². The number of halogens is 1. The number of likely N-dealkylation sites (tertiary alicyclic amines) is 1. The van der Waals surface area contributed by atoms with Gasteiger partial charge in [-0.15, -0.1) is 0 Å². The average Bonchev–Trinajstić information content (AvgIpc) is 2.89. The molecule has 0 bridgehead atoms. The minimum absolute atomic E-state index is 0.151. The molecule has 8 heteroatoms. The van der Waals surface area contributed by atoms with Crippen molar-refractivity contribution in [3.8, 4) is 11.5 Å². The second kappa shape index (κ2) is 13.5. The van der Waals surface area contributed by atoms with E-state index >= 15 is 0 Å². The standard InChI is InChI=1S/C29H40ClN3O4/c1-31(2)15-17-35-27-8-6-7-24(19-27)21-32-16-18-37-29(22-32,20-28(34)33-13-4-3-5-14-33)23-36-26-11-9-25(30)10-12-26/h6-12,19H,3-5,13-18,20-23H2,1-2H3/t29-/m1/s1. The molecule has 2 aliphatic heterocycles. The first kappa shape index (κ1) is 27.7. The molecule has 2 heterocycles. The van der Waals surface area contributed by atoms with Crippen LogP contribution in [-0.2, 0) is 16.1 Å². The van der Waals surface area contributed by atoms with Crippen molar-refractivity contribution >= 4 is 17.5 Å². The summed E-state index contributed by atoms with van der Waals surface area (Å²) in [6.07, 6.45) is 3.64. The number of nitrogens with zero attached hydrogens (tertiary/aromatic N) is 3. The molecular formula is C29H40ClN3O4. The Hall–Kier alpha value is -2.32. The van der Waals surface area contributed by atoms with Gasteiger partial charge in [-0.2, -0.15) is 0 Å². The summed E-state index contributed by atoms with van der Waals surface area (Å²) in [7, 11) is 4.08. The number of benzene rings is 2. The summed E-state index contributed by atoms with van der Waals surface area (Å²) in [5.74, 6) is 1.75. The summed E-state index contributed by atoms with van der Waals surface area (Å²) >= 11 is 6.04. The number of morpholine rings is 1. The van der Waals surface area contributed by atoms with E-state index in [2.05, 4.69) is 21.9 Å². The zero-order chi connectivity index (χ0) is 26.1. The van der Waals surface area contributed by atoms with E-state index in [-0.39, 0.29) is 5.91 Å². The normalized spacial score (nSPS) is 20.7. The van der Waals surface area contributed by atoms with Gasteiger partial charge < -0.3 is 24.0 Å². The summed E-state index contributed by atoms with van der Waals surface area (Å²) in [6.45, 7) is 6.21. The van der Waals surface area contributed by atoms with Crippen LogP contribution in [-0.4, -0.2) is 92.8 Å². The van der Waals surface area contributed by atoms with E-state index in [9.17, 15) is 4.79 Å². The Kier molecular flexibility index (Phi) is 10.1. The number of carbonyl (C=O) groups excluding carboxylic acids is 1. The van der Waals surface area contributed by atoms with Crippen molar-refractivity contribution < 1.29 is 19.0 Å². The Balaban J connectivity index is 1.44. The first-order valence-corrected chi connectivity index (χ1v) is 13.7. The number of rotatable bonds is 11. The highest BCUT2D eigenvalue weighted by atomic mass is 35.5. The number of amides is 1. The second-order valence-corrected chi connectivity index (χ2v) is 10.8. The van der Waals surface area contributed by atoms with Crippen LogP contribution in [0, 0.1) is 0 Å². The van der Waals surface area contributed by atoms with Crippen LogP contribution < -0.4 is 9.47 Å². The average molecular weight is 530 g/mol. The molecule has 2 aromatic carbocycles. The zero-order valence-corrected chi connectivity index (χ0v) is 22.9. The lowest BCUT2D eigenvalue weighted by Gasteiger charge is -2.43. The van der Waals surface area contributed by atoms with Gasteiger partial charge in [-0.3, -0.25) is 9.69 Å². The van der Waals surface area contributed by atoms with Gasteiger partial charge in [0.05, 0.1) is 13.0 Å². The van der Waals surface area contributed by atoms with E-state index in [1.165, 1.54) is 12.0 Å². The van der Waals surface area contributed by atoms with Gasteiger partial charge in [-0.05, 0) is 75.3 Å². The quantitative estimate of drug-likeness (QED) is 0.432. The number of ether oxygens (including phenoxy) is 3. The number of piperidine rings is 1. The number of likely N-dealkylation sites (N-methyl/N-ethyl adjacent to an activating group) is 1. The molecule has 2 saturated heterocycles. The maximum Gasteiger partial charge on any atom is 0.225 e. The molecule has 1 amide bonds. The van der Waals surface area contributed by atoms with Crippen LogP contribution >= 0.6 is 11.6 Å². The van der Waals surface area contributed by atoms with Crippen molar-refractivity contribution in [3.63, 3.8) is 0 Å². The smallest absolute Gasteiger partial charge is 0.225 e. The summed E-state index contributed by atoms with van der Waals surface area (Å²) in [6, 6.07) is 15.6. The lowest BCUT2D eigenvalue weighted by Crippen LogP contribution is -2.57. The third-order valence-corrected chi connectivity index (χ3v) is 7.19. The molecule has 37 heavy (non-hydrogen) atoms. The molecule has 0 saturated carbocycles. The molecular weight excluding hydrogens is 490 g/mol. The molecule has 2 aliphatic rings. The first-order valence-electron chi connectivity index (χ1n) is 13.3. The van der Waals surface area contributed by atoms with E-state index in [0.717, 1.165) is 57.1 Å². The van der Waals surface area contributed by atoms with Gasteiger partial charge in [-0.25, -0.2) is 0 Å². The molecule has 0 spiro atoms. The molecule has 2 aromatic rings. The van der Waals surface area contributed by atoms with E-state index in [1.54, 1.807) is 0 Å². The van der Waals surface area contributed by atoms with Crippen molar-refractivity contribution in [2.45, 2.75) is 37.8 Å². The summed E-state index contributed by atoms with van der Waals surface area (Å²) in [5.41, 5.74) is 0.464. The predicted molar refractivity (Wildman–Crippen MR) is 146 cm³/mol. The summed E-state index contributed by atoms with van der Waals surface area (Å²) in [5, 5.41) is 0.662. The van der Waals surface area contributed by atoms with E-state index in [1.807, 2.05) is 55.4 Å². The number of hydrogen-bond donors (Lipinski definition) is 0. The Morgan fingerprint density at radius 2 is 1.81 bits per heavy atom. The lowest BCUT2D eigenvalue weighted by molar-refractivity contribution is -0.157. The molecule has 7 nitrogen and oxygen atoms in total. The van der Waals surface area contributed by atoms with E-state index < -0.39 is 5.60 Å². The summed E-state index contributed by atoms with van der Waals surface area (Å²) in [4.78, 5) is 19.8. The Labute approximate surface area is 226 Å². The molecule has 2 fully saturated rings. The molecule has 202 valence electrons. The fraction of sp³-hybridized carbons (Fsp3) is 0.552. The largest absolute Gasteiger partial charge is 0.492 e.